The van der Waals surface area contributed by atoms with Crippen LogP contribution in [-0.4, -0.2) is 5.78 Å². The molecule has 1 saturated carbocycles. The van der Waals surface area contributed by atoms with Gasteiger partial charge in [0.05, 0.1) is 0 Å². The summed E-state index contributed by atoms with van der Waals surface area (Å²) in [6.07, 6.45) is 9.39. The largest absolute Gasteiger partial charge is 0.299 e. The van der Waals surface area contributed by atoms with Crippen molar-refractivity contribution in [2.75, 3.05) is 0 Å². The lowest BCUT2D eigenvalue weighted by Crippen LogP contribution is -2.10. The topological polar surface area (TPSA) is 17.1 Å². The molecule has 76 valence electrons. The molecule has 0 spiro atoms. The predicted molar refractivity (Wildman–Crippen MR) is 55.7 cm³/mol. The molecule has 1 rings (SSSR count). The Labute approximate surface area is 81.9 Å². The van der Waals surface area contributed by atoms with Gasteiger partial charge < -0.3 is 0 Å². The molecule has 0 unspecified atom stereocenters. The van der Waals surface area contributed by atoms with Crippen molar-refractivity contribution < 1.29 is 4.79 Å². The van der Waals surface area contributed by atoms with Crippen molar-refractivity contribution in [3.05, 3.63) is 0 Å². The van der Waals surface area contributed by atoms with Crippen molar-refractivity contribution in [3.63, 3.8) is 0 Å². The molecular formula is C12H22O. The zero-order valence-corrected chi connectivity index (χ0v) is 9.07. The van der Waals surface area contributed by atoms with E-state index in [1.165, 1.54) is 25.7 Å². The van der Waals surface area contributed by atoms with Crippen LogP contribution in [-0.2, 0) is 4.79 Å². The average molecular weight is 182 g/mol. The summed E-state index contributed by atoms with van der Waals surface area (Å²) in [6.45, 7) is 4.33. The summed E-state index contributed by atoms with van der Waals surface area (Å²) in [7, 11) is 0. The van der Waals surface area contributed by atoms with E-state index in [1.807, 2.05) is 0 Å². The van der Waals surface area contributed by atoms with E-state index in [0.29, 0.717) is 5.78 Å². The third-order valence-electron chi connectivity index (χ3n) is 3.18. The second kappa shape index (κ2) is 4.78. The van der Waals surface area contributed by atoms with Gasteiger partial charge in [0.15, 0.2) is 0 Å². The van der Waals surface area contributed by atoms with Crippen molar-refractivity contribution in [3.8, 4) is 0 Å². The van der Waals surface area contributed by atoms with E-state index >= 15 is 0 Å². The van der Waals surface area contributed by atoms with Crippen LogP contribution in [0.2, 0.25) is 0 Å². The molecule has 0 aromatic heterocycles. The summed E-state index contributed by atoms with van der Waals surface area (Å²) in [5, 5.41) is 0. The lowest BCUT2D eigenvalue weighted by Gasteiger charge is -2.05. The molecule has 0 amide bonds. The highest BCUT2D eigenvalue weighted by atomic mass is 16.1. The van der Waals surface area contributed by atoms with Crippen LogP contribution in [0.5, 0.6) is 0 Å². The first kappa shape index (κ1) is 10.7. The van der Waals surface area contributed by atoms with E-state index in [1.54, 1.807) is 0 Å². The number of Topliss-reactive ketones (excluding diaryl/α,β-unsaturated/α-hetero) is 1. The van der Waals surface area contributed by atoms with Gasteiger partial charge in [-0.1, -0.05) is 39.5 Å². The minimum absolute atomic E-state index is 0.116. The molecule has 13 heavy (non-hydrogen) atoms. The molecule has 1 heteroatoms. The third kappa shape index (κ3) is 3.50. The summed E-state index contributed by atoms with van der Waals surface area (Å²) in [5.41, 5.74) is 0.116. The van der Waals surface area contributed by atoms with E-state index in [0.717, 1.165) is 25.7 Å². The fourth-order valence-corrected chi connectivity index (χ4v) is 1.66. The summed E-state index contributed by atoms with van der Waals surface area (Å²) >= 11 is 0. The molecule has 0 N–H and O–H groups in total. The maximum Gasteiger partial charge on any atom is 0.138 e. The first-order chi connectivity index (χ1) is 6.19. The summed E-state index contributed by atoms with van der Waals surface area (Å²) in [5.74, 6) is 0.518. The van der Waals surface area contributed by atoms with Crippen molar-refractivity contribution >= 4 is 5.78 Å². The van der Waals surface area contributed by atoms with E-state index < -0.39 is 0 Å². The number of rotatable bonds is 7. The van der Waals surface area contributed by atoms with Crippen LogP contribution in [0.25, 0.3) is 0 Å². The van der Waals surface area contributed by atoms with Crippen LogP contribution in [0, 0.1) is 5.41 Å². The molecule has 1 aliphatic rings. The lowest BCUT2D eigenvalue weighted by molar-refractivity contribution is -0.123. The number of ketones is 1. The van der Waals surface area contributed by atoms with E-state index in [9.17, 15) is 4.79 Å². The molecule has 1 nitrogen and oxygen atoms in total. The second-order valence-electron chi connectivity index (χ2n) is 4.65. The Bertz CT molecular complexity index is 168. The summed E-state index contributed by atoms with van der Waals surface area (Å²) < 4.78 is 0. The van der Waals surface area contributed by atoms with Crippen LogP contribution < -0.4 is 0 Å². The summed E-state index contributed by atoms with van der Waals surface area (Å²) in [4.78, 5) is 11.6. The molecule has 0 radical (unpaired) electrons. The molecule has 0 aromatic carbocycles. The van der Waals surface area contributed by atoms with Gasteiger partial charge in [0.25, 0.3) is 0 Å². The first-order valence-electron chi connectivity index (χ1n) is 5.72. The van der Waals surface area contributed by atoms with Crippen molar-refractivity contribution in [1.29, 1.82) is 0 Å². The van der Waals surface area contributed by atoms with Crippen LogP contribution >= 0.6 is 0 Å². The fraction of sp³-hybridized carbons (Fsp3) is 0.917. The monoisotopic (exact) mass is 182 g/mol. The second-order valence-corrected chi connectivity index (χ2v) is 4.65. The molecule has 1 aliphatic carbocycles. The zero-order chi connectivity index (χ0) is 9.73. The highest BCUT2D eigenvalue weighted by molar-refractivity contribution is 5.86. The zero-order valence-electron chi connectivity index (χ0n) is 9.07. The van der Waals surface area contributed by atoms with Crippen LogP contribution in [0.15, 0.2) is 0 Å². The quantitative estimate of drug-likeness (QED) is 0.548. The van der Waals surface area contributed by atoms with Gasteiger partial charge >= 0.3 is 0 Å². The van der Waals surface area contributed by atoms with Gasteiger partial charge in [-0.05, 0) is 19.3 Å². The van der Waals surface area contributed by atoms with Gasteiger partial charge in [0.1, 0.15) is 5.78 Å². The highest BCUT2D eigenvalue weighted by Gasteiger charge is 2.43. The minimum Gasteiger partial charge on any atom is -0.299 e. The standard InChI is InChI=1S/C12H22O/c1-3-4-5-6-7-8-11(13)12(2)9-10-12/h3-10H2,1-2H3. The van der Waals surface area contributed by atoms with Crippen molar-refractivity contribution in [1.82, 2.24) is 0 Å². The molecule has 1 fully saturated rings. The van der Waals surface area contributed by atoms with E-state index in [4.69, 9.17) is 0 Å². The maximum absolute atomic E-state index is 11.6. The van der Waals surface area contributed by atoms with Crippen LogP contribution in [0.4, 0.5) is 0 Å². The number of hydrogen-bond acceptors (Lipinski definition) is 1. The van der Waals surface area contributed by atoms with Gasteiger partial charge in [-0.25, -0.2) is 0 Å². The smallest absolute Gasteiger partial charge is 0.138 e. The highest BCUT2D eigenvalue weighted by Crippen LogP contribution is 2.46. The maximum atomic E-state index is 11.6. The first-order valence-corrected chi connectivity index (χ1v) is 5.72. The Hall–Kier alpha value is -0.330. The Morgan fingerprint density at radius 3 is 2.31 bits per heavy atom. The molecule has 0 atom stereocenters. The number of carbonyl (C=O) groups excluding carboxylic acids is 1. The minimum atomic E-state index is 0.116. The average Bonchev–Trinajstić information content (AvgIpc) is 2.84. The molecule has 0 saturated heterocycles. The molecule has 0 aliphatic heterocycles. The van der Waals surface area contributed by atoms with Gasteiger partial charge in [-0.15, -0.1) is 0 Å². The summed E-state index contributed by atoms with van der Waals surface area (Å²) in [6, 6.07) is 0. The van der Waals surface area contributed by atoms with Gasteiger partial charge in [0.2, 0.25) is 0 Å². The third-order valence-corrected chi connectivity index (χ3v) is 3.18. The molecular weight excluding hydrogens is 160 g/mol. The molecule has 0 heterocycles. The van der Waals surface area contributed by atoms with Gasteiger partial charge in [-0.3, -0.25) is 4.79 Å². The number of carbonyl (C=O) groups is 1. The normalized spacial score (nSPS) is 18.6. The van der Waals surface area contributed by atoms with Crippen LogP contribution in [0.1, 0.15) is 65.2 Å². The van der Waals surface area contributed by atoms with Gasteiger partial charge in [0, 0.05) is 11.8 Å². The number of hydrogen-bond donors (Lipinski definition) is 0. The Morgan fingerprint density at radius 1 is 1.15 bits per heavy atom. The fourth-order valence-electron chi connectivity index (χ4n) is 1.66. The predicted octanol–water partition coefficient (Wildman–Crippen LogP) is 3.72. The van der Waals surface area contributed by atoms with Gasteiger partial charge in [-0.2, -0.15) is 0 Å². The molecule has 0 bridgehead atoms. The Kier molecular flexibility index (Phi) is 3.95. The lowest BCUT2D eigenvalue weighted by atomic mass is 9.98. The van der Waals surface area contributed by atoms with E-state index in [2.05, 4.69) is 13.8 Å². The Balaban J connectivity index is 1.96. The number of unbranched alkanes of at least 4 members (excludes halogenated alkanes) is 4. The Morgan fingerprint density at radius 2 is 1.77 bits per heavy atom. The SMILES string of the molecule is CCCCCCCC(=O)C1(C)CC1. The van der Waals surface area contributed by atoms with Crippen LogP contribution in [0.3, 0.4) is 0 Å². The van der Waals surface area contributed by atoms with Crippen molar-refractivity contribution in [2.45, 2.75) is 65.2 Å². The van der Waals surface area contributed by atoms with E-state index in [-0.39, 0.29) is 5.41 Å². The molecule has 0 aromatic rings. The van der Waals surface area contributed by atoms with Crippen molar-refractivity contribution in [2.24, 2.45) is 5.41 Å².